The van der Waals surface area contributed by atoms with E-state index in [-0.39, 0.29) is 17.0 Å². The van der Waals surface area contributed by atoms with E-state index in [0.29, 0.717) is 31.6 Å². The maximum absolute atomic E-state index is 12.9. The van der Waals surface area contributed by atoms with Gasteiger partial charge < -0.3 is 14.7 Å². The van der Waals surface area contributed by atoms with Crippen LogP contribution in [0.4, 0.5) is 0 Å². The molecule has 7 nitrogen and oxygen atoms in total. The highest BCUT2D eigenvalue weighted by Gasteiger charge is 2.17. The molecule has 146 valence electrons. The lowest BCUT2D eigenvalue weighted by atomic mass is 10.1. The molecule has 0 bridgehead atoms. The topological polar surface area (TPSA) is 79.2 Å². The number of fused-ring (bicyclic) bond motifs is 1. The summed E-state index contributed by atoms with van der Waals surface area (Å²) in [6.45, 7) is 8.46. The molecule has 7 heteroatoms. The van der Waals surface area contributed by atoms with Gasteiger partial charge in [-0.05, 0) is 26.8 Å². The number of allylic oxidation sites excluding steroid dienone is 2. The minimum atomic E-state index is -0.416. The van der Waals surface area contributed by atoms with Gasteiger partial charge in [0.2, 0.25) is 6.29 Å². The molecule has 0 spiro atoms. The number of pyridine rings is 1. The summed E-state index contributed by atoms with van der Waals surface area (Å²) in [6, 6.07) is 5.35. The van der Waals surface area contributed by atoms with E-state index in [1.54, 1.807) is 42.1 Å². The molecule has 0 radical (unpaired) electrons. The highest BCUT2D eigenvalue weighted by atomic mass is 16.8. The van der Waals surface area contributed by atoms with Crippen molar-refractivity contribution in [2.24, 2.45) is 5.16 Å². The lowest BCUT2D eigenvalue weighted by Gasteiger charge is -2.15. The minimum absolute atomic E-state index is 0.262. The Kier molecular flexibility index (Phi) is 7.55. The van der Waals surface area contributed by atoms with Crippen LogP contribution in [0.15, 0.2) is 46.0 Å². The second-order valence-corrected chi connectivity index (χ2v) is 6.36. The molecule has 0 fully saturated rings. The summed E-state index contributed by atoms with van der Waals surface area (Å²) in [5, 5.41) is 16.8. The Hall–Kier alpha value is -2.67. The number of aromatic nitrogens is 2. The average Bonchev–Trinajstić information content (AvgIpc) is 2.63. The Morgan fingerprint density at radius 2 is 2.19 bits per heavy atom. The maximum atomic E-state index is 12.9. The summed E-state index contributed by atoms with van der Waals surface area (Å²) in [6.07, 6.45) is 5.57. The lowest BCUT2D eigenvalue weighted by molar-refractivity contribution is -0.715. The van der Waals surface area contributed by atoms with E-state index in [9.17, 15) is 9.90 Å². The number of hydrogen-bond acceptors (Lipinski definition) is 5. The molecule has 1 unspecified atom stereocenters. The maximum Gasteiger partial charge on any atom is 0.345 e. The normalized spacial score (nSPS) is 12.4. The Bertz CT molecular complexity index is 883. The molecule has 0 aromatic carbocycles. The van der Waals surface area contributed by atoms with Crippen molar-refractivity contribution in [3.63, 3.8) is 0 Å². The standard InChI is InChI=1S/C20H27N3O4/c1-5-26-16(4)27-21-12-8-14-23-18-9-6-7-13-22(18)19(24)17(20(23)25)11-10-15(2)3/h6-7,9-10,12-13,16H,5,8,11,14H2,1-4H3. The van der Waals surface area contributed by atoms with Gasteiger partial charge in [0.05, 0.1) is 24.2 Å². The largest absolute Gasteiger partial charge is 0.842 e. The summed E-state index contributed by atoms with van der Waals surface area (Å²) in [4.78, 5) is 17.8. The van der Waals surface area contributed by atoms with Crippen molar-refractivity contribution in [3.05, 3.63) is 52.0 Å². The first-order chi connectivity index (χ1) is 13.0. The van der Waals surface area contributed by atoms with Crippen LogP contribution in [-0.2, 0) is 22.5 Å². The van der Waals surface area contributed by atoms with Gasteiger partial charge in [0.25, 0.3) is 5.65 Å². The third-order valence-electron chi connectivity index (χ3n) is 3.98. The summed E-state index contributed by atoms with van der Waals surface area (Å²) < 4.78 is 8.34. The van der Waals surface area contributed by atoms with Crippen LogP contribution in [-0.4, -0.2) is 23.5 Å². The Labute approximate surface area is 159 Å². The van der Waals surface area contributed by atoms with Crippen molar-refractivity contribution in [2.75, 3.05) is 6.61 Å². The van der Waals surface area contributed by atoms with Crippen LogP contribution in [0.25, 0.3) is 5.65 Å². The number of hydrogen-bond donors (Lipinski definition) is 0. The molecule has 1 atom stereocenters. The summed E-state index contributed by atoms with van der Waals surface area (Å²) in [5.41, 5.74) is 1.61. The lowest BCUT2D eigenvalue weighted by Crippen LogP contribution is -2.45. The van der Waals surface area contributed by atoms with Crippen LogP contribution in [0.3, 0.4) is 0 Å². The number of oxime groups is 1. The SMILES string of the molecule is CCOC(C)ON=CCC[n+]1c([O-])c(CC=C(C)C)c(=O)n2ccccc21. The second kappa shape index (κ2) is 9.87. The molecule has 0 N–H and O–H groups in total. The predicted molar refractivity (Wildman–Crippen MR) is 102 cm³/mol. The average molecular weight is 373 g/mol. The van der Waals surface area contributed by atoms with Crippen LogP contribution in [0, 0.1) is 0 Å². The van der Waals surface area contributed by atoms with E-state index in [2.05, 4.69) is 5.16 Å². The Balaban J connectivity index is 2.28. The fraction of sp³-hybridized carbons (Fsp3) is 0.450. The van der Waals surface area contributed by atoms with Crippen molar-refractivity contribution in [2.45, 2.75) is 53.4 Å². The smallest absolute Gasteiger partial charge is 0.345 e. The Morgan fingerprint density at radius 1 is 1.41 bits per heavy atom. The number of aryl methyl sites for hydroxylation is 1. The first kappa shape index (κ1) is 20.6. The molecule has 0 aliphatic carbocycles. The minimum Gasteiger partial charge on any atom is -0.842 e. The van der Waals surface area contributed by atoms with Gasteiger partial charge in [-0.2, -0.15) is 4.40 Å². The van der Waals surface area contributed by atoms with E-state index in [0.717, 1.165) is 5.57 Å². The fourth-order valence-corrected chi connectivity index (χ4v) is 2.66. The highest BCUT2D eigenvalue weighted by molar-refractivity contribution is 5.55. The van der Waals surface area contributed by atoms with E-state index in [1.165, 1.54) is 4.40 Å². The van der Waals surface area contributed by atoms with Crippen LogP contribution < -0.4 is 15.2 Å². The molecular formula is C20H27N3O4. The molecule has 0 aliphatic rings. The van der Waals surface area contributed by atoms with Crippen molar-refractivity contribution in [1.82, 2.24) is 4.40 Å². The predicted octanol–water partition coefficient (Wildman–Crippen LogP) is 1.94. The zero-order valence-electron chi connectivity index (χ0n) is 16.3. The third kappa shape index (κ3) is 5.40. The van der Waals surface area contributed by atoms with Gasteiger partial charge in [0, 0.05) is 38.7 Å². The van der Waals surface area contributed by atoms with Crippen LogP contribution >= 0.6 is 0 Å². The van der Waals surface area contributed by atoms with E-state index < -0.39 is 6.29 Å². The van der Waals surface area contributed by atoms with Gasteiger partial charge >= 0.3 is 5.56 Å². The van der Waals surface area contributed by atoms with Gasteiger partial charge in [-0.1, -0.05) is 22.9 Å². The molecule has 0 saturated carbocycles. The van der Waals surface area contributed by atoms with Crippen molar-refractivity contribution in [1.29, 1.82) is 0 Å². The molecule has 27 heavy (non-hydrogen) atoms. The Morgan fingerprint density at radius 3 is 2.89 bits per heavy atom. The van der Waals surface area contributed by atoms with E-state index >= 15 is 0 Å². The third-order valence-corrected chi connectivity index (χ3v) is 3.98. The zero-order valence-corrected chi connectivity index (χ0v) is 16.3. The number of rotatable bonds is 9. The van der Waals surface area contributed by atoms with Crippen LogP contribution in [0.5, 0.6) is 5.88 Å². The molecule has 0 saturated heterocycles. The summed E-state index contributed by atoms with van der Waals surface area (Å²) >= 11 is 0. The molecule has 2 aromatic rings. The summed E-state index contributed by atoms with van der Waals surface area (Å²) in [7, 11) is 0. The van der Waals surface area contributed by atoms with Gasteiger partial charge in [0.1, 0.15) is 0 Å². The zero-order chi connectivity index (χ0) is 19.8. The number of nitrogens with zero attached hydrogens (tertiary/aromatic N) is 3. The van der Waals surface area contributed by atoms with Crippen molar-refractivity contribution in [3.8, 4) is 5.88 Å². The van der Waals surface area contributed by atoms with Crippen LogP contribution in [0.1, 0.15) is 39.7 Å². The first-order valence-corrected chi connectivity index (χ1v) is 9.11. The van der Waals surface area contributed by atoms with Crippen molar-refractivity contribution < 1.29 is 19.2 Å². The second-order valence-electron chi connectivity index (χ2n) is 6.36. The van der Waals surface area contributed by atoms with Gasteiger partial charge in [-0.3, -0.25) is 0 Å². The molecule has 2 heterocycles. The molecular weight excluding hydrogens is 346 g/mol. The van der Waals surface area contributed by atoms with E-state index in [4.69, 9.17) is 9.57 Å². The fourth-order valence-electron chi connectivity index (χ4n) is 2.66. The van der Waals surface area contributed by atoms with Crippen molar-refractivity contribution >= 4 is 11.9 Å². The molecule has 2 aromatic heterocycles. The summed E-state index contributed by atoms with van der Waals surface area (Å²) in [5.74, 6) is -0.263. The van der Waals surface area contributed by atoms with Gasteiger partial charge in [0.15, 0.2) is 0 Å². The van der Waals surface area contributed by atoms with Gasteiger partial charge in [-0.25, -0.2) is 9.36 Å². The molecule has 0 amide bonds. The molecule has 0 aliphatic heterocycles. The highest BCUT2D eigenvalue weighted by Crippen LogP contribution is 2.09. The monoisotopic (exact) mass is 373 g/mol. The number of ether oxygens (including phenoxy) is 1. The van der Waals surface area contributed by atoms with Gasteiger partial charge in [-0.15, -0.1) is 0 Å². The quantitative estimate of drug-likeness (QED) is 0.221. The molecule has 2 rings (SSSR count). The van der Waals surface area contributed by atoms with Crippen LogP contribution in [0.2, 0.25) is 0 Å². The first-order valence-electron chi connectivity index (χ1n) is 9.11. The van der Waals surface area contributed by atoms with E-state index in [1.807, 2.05) is 26.8 Å².